The van der Waals surface area contributed by atoms with Gasteiger partial charge in [0.25, 0.3) is 0 Å². The van der Waals surface area contributed by atoms with Crippen LogP contribution < -0.4 is 10.6 Å². The number of benzene rings is 1. The summed E-state index contributed by atoms with van der Waals surface area (Å²) in [5, 5.41) is 11.5. The van der Waals surface area contributed by atoms with Gasteiger partial charge in [-0.15, -0.1) is 0 Å². The lowest BCUT2D eigenvalue weighted by molar-refractivity contribution is 0.349. The van der Waals surface area contributed by atoms with Crippen LogP contribution >= 0.6 is 0 Å². The third kappa shape index (κ3) is 3.05. The smallest absolute Gasteiger partial charge is 0.163 e. The number of nitrogens with one attached hydrogen (secondary N) is 2. The van der Waals surface area contributed by atoms with Crippen LogP contribution in [-0.2, 0) is 6.67 Å². The van der Waals surface area contributed by atoms with E-state index in [0.29, 0.717) is 22.4 Å². The largest absolute Gasteiger partial charge is 0.337 e. The van der Waals surface area contributed by atoms with Crippen molar-refractivity contribution in [2.24, 2.45) is 0 Å². The van der Waals surface area contributed by atoms with E-state index < -0.39 is 12.5 Å². The molecule has 2 aromatic heterocycles. The average molecular weight is 344 g/mol. The van der Waals surface area contributed by atoms with Crippen molar-refractivity contribution in [3.63, 3.8) is 0 Å². The number of hydrogen-bond acceptors (Lipinski definition) is 5. The van der Waals surface area contributed by atoms with E-state index >= 15 is 0 Å². The summed E-state index contributed by atoms with van der Waals surface area (Å²) in [6.07, 6.45) is 5.09. The van der Waals surface area contributed by atoms with Crippen LogP contribution in [0.5, 0.6) is 0 Å². The first-order chi connectivity index (χ1) is 12.3. The summed E-state index contributed by atoms with van der Waals surface area (Å²) in [7, 11) is 0. The minimum absolute atomic E-state index is 0.185. The lowest BCUT2D eigenvalue weighted by Crippen LogP contribution is -2.29. The van der Waals surface area contributed by atoms with Crippen LogP contribution in [0.4, 0.5) is 20.3 Å². The topological polar surface area (TPSA) is 67.7 Å². The van der Waals surface area contributed by atoms with Gasteiger partial charge < -0.3 is 10.6 Å². The van der Waals surface area contributed by atoms with Gasteiger partial charge in [-0.25, -0.2) is 23.4 Å². The summed E-state index contributed by atoms with van der Waals surface area (Å²) in [5.74, 6) is -0.00481. The predicted octanol–water partition coefficient (Wildman–Crippen LogP) is 3.10. The van der Waals surface area contributed by atoms with E-state index in [0.717, 1.165) is 25.9 Å². The molecule has 0 unspecified atom stereocenters. The highest BCUT2D eigenvalue weighted by Gasteiger charge is 2.20. The first kappa shape index (κ1) is 15.9. The maximum absolute atomic E-state index is 14.0. The molecular formula is C17H18F2N6. The Morgan fingerprint density at radius 1 is 1.24 bits per heavy atom. The number of fused-ring (bicyclic) bond motifs is 1. The first-order valence-corrected chi connectivity index (χ1v) is 8.26. The van der Waals surface area contributed by atoms with Crippen molar-refractivity contribution in [3.05, 3.63) is 42.1 Å². The van der Waals surface area contributed by atoms with Crippen molar-refractivity contribution < 1.29 is 8.78 Å². The Morgan fingerprint density at radius 2 is 2.08 bits per heavy atom. The van der Waals surface area contributed by atoms with Gasteiger partial charge in [0.05, 0.1) is 23.3 Å². The Bertz CT molecular complexity index is 888. The average Bonchev–Trinajstić information content (AvgIpc) is 3.09. The second kappa shape index (κ2) is 6.72. The van der Waals surface area contributed by atoms with Crippen molar-refractivity contribution in [1.82, 2.24) is 25.1 Å². The van der Waals surface area contributed by atoms with Gasteiger partial charge in [0, 0.05) is 0 Å². The van der Waals surface area contributed by atoms with E-state index in [2.05, 4.69) is 25.7 Å². The van der Waals surface area contributed by atoms with Gasteiger partial charge in [0.2, 0.25) is 0 Å². The monoisotopic (exact) mass is 344 g/mol. The maximum Gasteiger partial charge on any atom is 0.163 e. The zero-order valence-corrected chi connectivity index (χ0v) is 13.5. The molecule has 0 amide bonds. The van der Waals surface area contributed by atoms with Gasteiger partial charge in [-0.05, 0) is 43.6 Å². The van der Waals surface area contributed by atoms with Crippen LogP contribution in [0.3, 0.4) is 0 Å². The van der Waals surface area contributed by atoms with Gasteiger partial charge in [-0.1, -0.05) is 6.07 Å². The fourth-order valence-corrected chi connectivity index (χ4v) is 3.16. The molecule has 8 heteroatoms. The first-order valence-electron chi connectivity index (χ1n) is 8.26. The van der Waals surface area contributed by atoms with Crippen LogP contribution in [-0.4, -0.2) is 32.8 Å². The summed E-state index contributed by atoms with van der Waals surface area (Å²) < 4.78 is 28.8. The number of anilines is 2. The molecule has 1 aromatic carbocycles. The molecule has 0 spiro atoms. The summed E-state index contributed by atoms with van der Waals surface area (Å²) in [4.78, 5) is 8.56. The number of nitrogens with zero attached hydrogens (tertiary/aromatic N) is 4. The summed E-state index contributed by atoms with van der Waals surface area (Å²) in [6, 6.07) is 4.40. The van der Waals surface area contributed by atoms with Gasteiger partial charge in [0.15, 0.2) is 5.65 Å². The zero-order valence-electron chi connectivity index (χ0n) is 13.5. The standard InChI is InChI=1S/C17H18F2N6/c18-8-11-1-2-14(19)15(7-11)24-16-13-9-23-25(17(13)22-10-21-16)12-3-5-20-6-4-12/h1-2,7,9-10,12,20H,3-6,8H2,(H,21,22,24). The maximum atomic E-state index is 14.0. The molecule has 0 bridgehead atoms. The van der Waals surface area contributed by atoms with E-state index in [-0.39, 0.29) is 11.7 Å². The van der Waals surface area contributed by atoms with E-state index in [4.69, 9.17) is 0 Å². The van der Waals surface area contributed by atoms with Crippen molar-refractivity contribution in [1.29, 1.82) is 0 Å². The van der Waals surface area contributed by atoms with E-state index in [1.54, 1.807) is 6.20 Å². The van der Waals surface area contributed by atoms with E-state index in [1.165, 1.54) is 24.5 Å². The molecule has 25 heavy (non-hydrogen) atoms. The Kier molecular flexibility index (Phi) is 4.27. The van der Waals surface area contributed by atoms with Crippen molar-refractivity contribution >= 4 is 22.5 Å². The highest BCUT2D eigenvalue weighted by molar-refractivity contribution is 5.88. The summed E-state index contributed by atoms with van der Waals surface area (Å²) in [5.41, 5.74) is 1.30. The third-order valence-electron chi connectivity index (χ3n) is 4.48. The van der Waals surface area contributed by atoms with Crippen molar-refractivity contribution in [2.45, 2.75) is 25.6 Å². The minimum Gasteiger partial charge on any atom is -0.337 e. The highest BCUT2D eigenvalue weighted by atomic mass is 19.1. The Hall–Kier alpha value is -2.61. The molecular weight excluding hydrogens is 326 g/mol. The van der Waals surface area contributed by atoms with Crippen LogP contribution in [0, 0.1) is 5.82 Å². The van der Waals surface area contributed by atoms with Gasteiger partial charge in [-0.2, -0.15) is 5.10 Å². The van der Waals surface area contributed by atoms with Crippen molar-refractivity contribution in [3.8, 4) is 0 Å². The number of hydrogen-bond donors (Lipinski definition) is 2. The number of alkyl halides is 1. The molecule has 130 valence electrons. The minimum atomic E-state index is -0.651. The van der Waals surface area contributed by atoms with Gasteiger partial charge in [-0.3, -0.25) is 0 Å². The van der Waals surface area contributed by atoms with Crippen molar-refractivity contribution in [2.75, 3.05) is 18.4 Å². The van der Waals surface area contributed by atoms with E-state index in [1.807, 2.05) is 4.68 Å². The molecule has 2 N–H and O–H groups in total. The van der Waals surface area contributed by atoms with Crippen LogP contribution in [0.2, 0.25) is 0 Å². The fraction of sp³-hybridized carbons (Fsp3) is 0.353. The summed E-state index contributed by atoms with van der Waals surface area (Å²) >= 11 is 0. The molecule has 0 saturated carbocycles. The molecule has 1 aliphatic rings. The molecule has 0 aliphatic carbocycles. The molecule has 6 nitrogen and oxygen atoms in total. The lowest BCUT2D eigenvalue weighted by atomic mass is 10.1. The Labute approximate surface area is 143 Å². The van der Waals surface area contributed by atoms with Gasteiger partial charge in [0.1, 0.15) is 24.6 Å². The summed E-state index contributed by atoms with van der Waals surface area (Å²) in [6.45, 7) is 1.24. The molecule has 1 saturated heterocycles. The van der Waals surface area contributed by atoms with Crippen LogP contribution in [0.25, 0.3) is 11.0 Å². The molecule has 3 aromatic rings. The SMILES string of the molecule is FCc1ccc(F)c(Nc2ncnc3c2cnn3C2CCNCC2)c1. The molecule has 1 aliphatic heterocycles. The number of aromatic nitrogens is 4. The number of halogens is 2. The third-order valence-corrected chi connectivity index (χ3v) is 4.48. The van der Waals surface area contributed by atoms with Crippen LogP contribution in [0.1, 0.15) is 24.4 Å². The highest BCUT2D eigenvalue weighted by Crippen LogP contribution is 2.28. The second-order valence-electron chi connectivity index (χ2n) is 6.10. The fourth-order valence-electron chi connectivity index (χ4n) is 3.16. The predicted molar refractivity (Wildman–Crippen MR) is 91.0 cm³/mol. The molecule has 3 heterocycles. The molecule has 0 atom stereocenters. The zero-order chi connectivity index (χ0) is 17.2. The lowest BCUT2D eigenvalue weighted by Gasteiger charge is -2.23. The van der Waals surface area contributed by atoms with Crippen LogP contribution in [0.15, 0.2) is 30.7 Å². The quantitative estimate of drug-likeness (QED) is 0.761. The Morgan fingerprint density at radius 3 is 2.88 bits per heavy atom. The number of piperidine rings is 1. The molecule has 4 rings (SSSR count). The normalized spacial score (nSPS) is 15.6. The second-order valence-corrected chi connectivity index (χ2v) is 6.10. The Balaban J connectivity index is 1.70. The molecule has 0 radical (unpaired) electrons. The van der Waals surface area contributed by atoms with E-state index in [9.17, 15) is 8.78 Å². The molecule has 1 fully saturated rings. The van der Waals surface area contributed by atoms with Gasteiger partial charge >= 0.3 is 0 Å². The number of rotatable bonds is 4.